The van der Waals surface area contributed by atoms with Crippen molar-refractivity contribution in [3.63, 3.8) is 0 Å². The standard InChI is InChI=1S/C35H46N2O8/c1-7-35(3,4)32(40)33(41)37-20-9-8-13-27(37)34(42)45-28(17-15-24-16-18-29(43-5)30(21-24)44-6)25-11-10-12-26(22-25)36-31(39)19-14-23(2)38/h10-12,16,18,21-22,27-28H,7-9,13-15,17,19-20H2,1-6H3,(H,36,39)/t27-,28+/m0/s1. The molecule has 10 nitrogen and oxygen atoms in total. The van der Waals surface area contributed by atoms with E-state index in [9.17, 15) is 24.0 Å². The third-order valence-electron chi connectivity index (χ3n) is 8.38. The number of esters is 1. The van der Waals surface area contributed by atoms with Crippen LogP contribution in [0.25, 0.3) is 0 Å². The maximum Gasteiger partial charge on any atom is 0.329 e. The number of hydrogen-bond donors (Lipinski definition) is 1. The molecular formula is C35H46N2O8. The van der Waals surface area contributed by atoms with E-state index in [1.165, 1.54) is 11.8 Å². The fourth-order valence-corrected chi connectivity index (χ4v) is 5.18. The normalized spacial score (nSPS) is 15.5. The predicted octanol–water partition coefficient (Wildman–Crippen LogP) is 5.62. The molecule has 0 bridgehead atoms. The summed E-state index contributed by atoms with van der Waals surface area (Å²) in [6.45, 7) is 7.08. The molecule has 1 aliphatic heterocycles. The zero-order chi connectivity index (χ0) is 33.1. The molecule has 2 aromatic rings. The van der Waals surface area contributed by atoms with Crippen LogP contribution >= 0.6 is 0 Å². The minimum absolute atomic E-state index is 0.0659. The molecule has 10 heteroatoms. The van der Waals surface area contributed by atoms with Crippen LogP contribution in [0.2, 0.25) is 0 Å². The van der Waals surface area contributed by atoms with Crippen molar-refractivity contribution in [1.29, 1.82) is 0 Å². The van der Waals surface area contributed by atoms with Gasteiger partial charge in [0.05, 0.1) is 14.2 Å². The number of rotatable bonds is 15. The fraction of sp³-hybridized carbons (Fsp3) is 0.514. The Balaban J connectivity index is 1.88. The van der Waals surface area contributed by atoms with Crippen LogP contribution in [0.4, 0.5) is 5.69 Å². The average molecular weight is 623 g/mol. The molecule has 0 unspecified atom stereocenters. The van der Waals surface area contributed by atoms with Gasteiger partial charge in [-0.2, -0.15) is 0 Å². The number of hydrogen-bond acceptors (Lipinski definition) is 8. The third-order valence-corrected chi connectivity index (χ3v) is 8.38. The number of anilines is 1. The SMILES string of the molecule is CCC(C)(C)C(=O)C(=O)N1CCCC[C@H]1C(=O)O[C@H](CCc1ccc(OC)c(OC)c1)c1cccc(NC(=O)CCC(C)=O)c1. The molecule has 1 saturated heterocycles. The Bertz CT molecular complexity index is 1390. The molecule has 0 radical (unpaired) electrons. The van der Waals surface area contributed by atoms with Crippen LogP contribution < -0.4 is 14.8 Å². The van der Waals surface area contributed by atoms with Gasteiger partial charge in [0.2, 0.25) is 11.7 Å². The minimum Gasteiger partial charge on any atom is -0.493 e. The van der Waals surface area contributed by atoms with E-state index in [2.05, 4.69) is 5.32 Å². The van der Waals surface area contributed by atoms with Gasteiger partial charge in [-0.1, -0.05) is 39.0 Å². The van der Waals surface area contributed by atoms with Gasteiger partial charge in [0.15, 0.2) is 11.5 Å². The summed E-state index contributed by atoms with van der Waals surface area (Å²) in [6.07, 6.45) is 2.73. The van der Waals surface area contributed by atoms with Crippen LogP contribution in [0.5, 0.6) is 11.5 Å². The van der Waals surface area contributed by atoms with Crippen molar-refractivity contribution in [1.82, 2.24) is 4.90 Å². The predicted molar refractivity (Wildman–Crippen MR) is 170 cm³/mol. The van der Waals surface area contributed by atoms with Gasteiger partial charge in [-0.3, -0.25) is 14.4 Å². The van der Waals surface area contributed by atoms with E-state index in [4.69, 9.17) is 14.2 Å². The van der Waals surface area contributed by atoms with Crippen molar-refractivity contribution in [2.45, 2.75) is 91.2 Å². The maximum atomic E-state index is 13.8. The largest absolute Gasteiger partial charge is 0.493 e. The Hall–Kier alpha value is -4.21. The Morgan fingerprint density at radius 2 is 1.71 bits per heavy atom. The molecule has 2 aromatic carbocycles. The third kappa shape index (κ3) is 9.64. The van der Waals surface area contributed by atoms with Crippen LogP contribution in [0.3, 0.4) is 0 Å². The highest BCUT2D eigenvalue weighted by molar-refractivity contribution is 6.38. The number of Topliss-reactive ketones (excluding diaryl/α,β-unsaturated/α-hetero) is 2. The summed E-state index contributed by atoms with van der Waals surface area (Å²) < 4.78 is 17.0. The van der Waals surface area contributed by atoms with E-state index < -0.39 is 35.2 Å². The number of carbonyl (C=O) groups excluding carboxylic acids is 5. The lowest BCUT2D eigenvalue weighted by Gasteiger charge is -2.36. The van der Waals surface area contributed by atoms with Gasteiger partial charge in [0.1, 0.15) is 17.9 Å². The lowest BCUT2D eigenvalue weighted by molar-refractivity contribution is -0.164. The van der Waals surface area contributed by atoms with Crippen molar-refractivity contribution < 1.29 is 38.2 Å². The number of ether oxygens (including phenoxy) is 3. The molecule has 1 aliphatic rings. The summed E-state index contributed by atoms with van der Waals surface area (Å²) in [6, 6.07) is 11.8. The molecule has 244 valence electrons. The first-order chi connectivity index (χ1) is 21.4. The molecule has 45 heavy (non-hydrogen) atoms. The summed E-state index contributed by atoms with van der Waals surface area (Å²) >= 11 is 0. The Morgan fingerprint density at radius 1 is 0.978 bits per heavy atom. The first kappa shape index (κ1) is 35.3. The minimum atomic E-state index is -0.874. The zero-order valence-electron chi connectivity index (χ0n) is 27.3. The van der Waals surface area contributed by atoms with Gasteiger partial charge in [-0.05, 0) is 80.8 Å². The lowest BCUT2D eigenvalue weighted by atomic mass is 9.84. The average Bonchev–Trinajstić information content (AvgIpc) is 3.04. The Kier molecular flexibility index (Phi) is 12.7. The van der Waals surface area contributed by atoms with Crippen LogP contribution in [0.15, 0.2) is 42.5 Å². The Labute approximate surface area is 265 Å². The number of methoxy groups -OCH3 is 2. The highest BCUT2D eigenvalue weighted by Crippen LogP contribution is 2.32. The molecule has 0 saturated carbocycles. The summed E-state index contributed by atoms with van der Waals surface area (Å²) in [5.41, 5.74) is 1.27. The van der Waals surface area contributed by atoms with Crippen LogP contribution in [-0.2, 0) is 35.1 Å². The first-order valence-corrected chi connectivity index (χ1v) is 15.6. The van der Waals surface area contributed by atoms with Crippen molar-refractivity contribution in [3.05, 3.63) is 53.6 Å². The van der Waals surface area contributed by atoms with Gasteiger partial charge in [0.25, 0.3) is 5.91 Å². The van der Waals surface area contributed by atoms with Crippen LogP contribution in [0.1, 0.15) is 89.9 Å². The maximum absolute atomic E-state index is 13.8. The molecule has 1 fully saturated rings. The van der Waals surface area contributed by atoms with Crippen LogP contribution in [-0.4, -0.2) is 61.1 Å². The fourth-order valence-electron chi connectivity index (χ4n) is 5.18. The highest BCUT2D eigenvalue weighted by atomic mass is 16.5. The van der Waals surface area contributed by atoms with Crippen LogP contribution in [0, 0.1) is 5.41 Å². The van der Waals surface area contributed by atoms with E-state index >= 15 is 0 Å². The molecule has 2 atom stereocenters. The molecule has 0 spiro atoms. The Morgan fingerprint density at radius 3 is 2.38 bits per heavy atom. The van der Waals surface area contributed by atoms with Gasteiger partial charge in [-0.25, -0.2) is 4.79 Å². The molecule has 2 amide bonds. The van der Waals surface area contributed by atoms with Gasteiger partial charge in [0, 0.05) is 30.5 Å². The molecular weight excluding hydrogens is 576 g/mol. The molecule has 0 aromatic heterocycles. The van der Waals surface area contributed by atoms with Gasteiger partial charge in [-0.15, -0.1) is 0 Å². The number of amides is 2. The zero-order valence-corrected chi connectivity index (χ0v) is 27.3. The van der Waals surface area contributed by atoms with E-state index in [0.29, 0.717) is 61.4 Å². The highest BCUT2D eigenvalue weighted by Gasteiger charge is 2.41. The van der Waals surface area contributed by atoms with E-state index in [1.54, 1.807) is 46.3 Å². The molecule has 1 N–H and O–H groups in total. The van der Waals surface area contributed by atoms with Crippen molar-refractivity contribution >= 4 is 35.0 Å². The molecule has 1 heterocycles. The second-order valence-corrected chi connectivity index (χ2v) is 12.1. The summed E-state index contributed by atoms with van der Waals surface area (Å²) in [7, 11) is 3.13. The number of nitrogens with zero attached hydrogens (tertiary/aromatic N) is 1. The lowest BCUT2D eigenvalue weighted by Crippen LogP contribution is -2.53. The number of ketones is 2. The number of benzene rings is 2. The van der Waals surface area contributed by atoms with E-state index in [-0.39, 0.29) is 24.5 Å². The van der Waals surface area contributed by atoms with E-state index in [1.807, 2.05) is 31.2 Å². The van der Waals surface area contributed by atoms with Crippen molar-refractivity contribution in [3.8, 4) is 11.5 Å². The molecule has 0 aliphatic carbocycles. The van der Waals surface area contributed by atoms with E-state index in [0.717, 1.165) is 12.0 Å². The molecule has 3 rings (SSSR count). The second kappa shape index (κ2) is 16.2. The number of piperidine rings is 1. The number of carbonyl (C=O) groups is 5. The summed E-state index contributed by atoms with van der Waals surface area (Å²) in [4.78, 5) is 65.3. The monoisotopic (exact) mass is 622 g/mol. The van der Waals surface area contributed by atoms with Gasteiger partial charge < -0.3 is 29.2 Å². The topological polar surface area (TPSA) is 128 Å². The number of aryl methyl sites for hydroxylation is 1. The number of likely N-dealkylation sites (tertiary alicyclic amines) is 1. The van der Waals surface area contributed by atoms with Crippen molar-refractivity contribution in [2.24, 2.45) is 5.41 Å². The summed E-state index contributed by atoms with van der Waals surface area (Å²) in [5.74, 6) is -0.925. The smallest absolute Gasteiger partial charge is 0.329 e. The first-order valence-electron chi connectivity index (χ1n) is 15.6. The number of nitrogens with one attached hydrogen (secondary N) is 1. The van der Waals surface area contributed by atoms with Gasteiger partial charge >= 0.3 is 5.97 Å². The second-order valence-electron chi connectivity index (χ2n) is 12.1. The van der Waals surface area contributed by atoms with Crippen molar-refractivity contribution in [2.75, 3.05) is 26.1 Å². The quantitative estimate of drug-likeness (QED) is 0.200. The summed E-state index contributed by atoms with van der Waals surface area (Å²) in [5, 5.41) is 2.81.